The molecule has 1 saturated carbocycles. The second-order valence-corrected chi connectivity index (χ2v) is 5.50. The molecule has 3 rings (SSSR count). The van der Waals surface area contributed by atoms with E-state index in [1.165, 1.54) is 5.56 Å². The van der Waals surface area contributed by atoms with Gasteiger partial charge < -0.3 is 15.7 Å². The number of nitrogens with zero attached hydrogens (tertiary/aromatic N) is 1. The fraction of sp³-hybridized carbons (Fsp3) is 0.533. The van der Waals surface area contributed by atoms with Crippen molar-refractivity contribution in [2.75, 3.05) is 18.0 Å². The van der Waals surface area contributed by atoms with Crippen LogP contribution in [0.4, 0.5) is 5.69 Å². The van der Waals surface area contributed by atoms with Crippen molar-refractivity contribution in [3.8, 4) is 0 Å². The van der Waals surface area contributed by atoms with Crippen LogP contribution >= 0.6 is 0 Å². The van der Waals surface area contributed by atoms with Crippen LogP contribution in [0, 0.1) is 5.92 Å². The average Bonchev–Trinajstić information content (AvgIpc) is 3.17. The van der Waals surface area contributed by atoms with Gasteiger partial charge in [-0.1, -0.05) is 12.1 Å². The van der Waals surface area contributed by atoms with Crippen molar-refractivity contribution in [3.63, 3.8) is 0 Å². The highest BCUT2D eigenvalue weighted by Gasteiger charge is 2.36. The van der Waals surface area contributed by atoms with Crippen LogP contribution in [0.1, 0.15) is 36.5 Å². The molecule has 19 heavy (non-hydrogen) atoms. The summed E-state index contributed by atoms with van der Waals surface area (Å²) in [7, 11) is 0. The van der Waals surface area contributed by atoms with Crippen LogP contribution < -0.4 is 10.6 Å². The Morgan fingerprint density at radius 3 is 2.95 bits per heavy atom. The van der Waals surface area contributed by atoms with Crippen molar-refractivity contribution < 1.29 is 9.90 Å². The number of aliphatic hydroxyl groups is 1. The molecule has 4 nitrogen and oxygen atoms in total. The summed E-state index contributed by atoms with van der Waals surface area (Å²) < 4.78 is 0. The van der Waals surface area contributed by atoms with Crippen molar-refractivity contribution in [1.82, 2.24) is 0 Å². The minimum atomic E-state index is -0.497. The second-order valence-electron chi connectivity index (χ2n) is 5.50. The number of anilines is 1. The van der Waals surface area contributed by atoms with Crippen molar-refractivity contribution in [2.45, 2.75) is 31.8 Å². The Labute approximate surface area is 113 Å². The van der Waals surface area contributed by atoms with Crippen molar-refractivity contribution in [1.29, 1.82) is 0 Å². The van der Waals surface area contributed by atoms with Gasteiger partial charge in [0.25, 0.3) is 0 Å². The molecule has 3 N–H and O–H groups in total. The van der Waals surface area contributed by atoms with Crippen LogP contribution in [0.2, 0.25) is 0 Å². The maximum absolute atomic E-state index is 12.2. The van der Waals surface area contributed by atoms with Gasteiger partial charge in [-0.2, -0.15) is 0 Å². The molecular weight excluding hydrogens is 240 g/mol. The third-order valence-electron chi connectivity index (χ3n) is 4.02. The maximum atomic E-state index is 12.2. The third-order valence-corrected chi connectivity index (χ3v) is 4.02. The van der Waals surface area contributed by atoms with Gasteiger partial charge in [0.05, 0.1) is 6.10 Å². The molecule has 1 amide bonds. The molecular formula is C15H20N2O2. The predicted octanol–water partition coefficient (Wildman–Crippen LogP) is 1.37. The van der Waals surface area contributed by atoms with Crippen LogP contribution in [0.15, 0.2) is 18.2 Å². The molecule has 1 aromatic carbocycles. The molecule has 0 bridgehead atoms. The standard InChI is InChI=1S/C15H20N2O2/c16-7-5-14(18)12-3-4-13-11(9-12)6-8-17(13)15(19)10-1-2-10/h3-4,9-10,14,18H,1-2,5-8,16H2. The Bertz CT molecular complexity index is 497. The summed E-state index contributed by atoms with van der Waals surface area (Å²) in [5.74, 6) is 0.530. The monoisotopic (exact) mass is 260 g/mol. The lowest BCUT2D eigenvalue weighted by atomic mass is 10.0. The van der Waals surface area contributed by atoms with Gasteiger partial charge in [0, 0.05) is 18.2 Å². The Balaban J connectivity index is 1.81. The molecule has 2 aliphatic rings. The first kappa shape index (κ1) is 12.6. The zero-order valence-corrected chi connectivity index (χ0v) is 11.0. The molecule has 102 valence electrons. The van der Waals surface area contributed by atoms with Crippen LogP contribution in [0.3, 0.4) is 0 Å². The van der Waals surface area contributed by atoms with Gasteiger partial charge in [0.15, 0.2) is 0 Å². The lowest BCUT2D eigenvalue weighted by Crippen LogP contribution is -2.30. The molecule has 0 saturated heterocycles. The second kappa shape index (κ2) is 4.94. The van der Waals surface area contributed by atoms with Crippen LogP contribution in [-0.2, 0) is 11.2 Å². The van der Waals surface area contributed by atoms with Gasteiger partial charge in [-0.25, -0.2) is 0 Å². The SMILES string of the molecule is NCCC(O)c1ccc2c(c1)CCN2C(=O)C1CC1. The summed E-state index contributed by atoms with van der Waals surface area (Å²) in [6, 6.07) is 5.91. The van der Waals surface area contributed by atoms with Crippen LogP contribution in [0.25, 0.3) is 0 Å². The Kier molecular flexibility index (Phi) is 3.29. The number of carbonyl (C=O) groups excluding carboxylic acids is 1. The zero-order chi connectivity index (χ0) is 13.4. The average molecular weight is 260 g/mol. The van der Waals surface area contributed by atoms with Crippen molar-refractivity contribution >= 4 is 11.6 Å². The quantitative estimate of drug-likeness (QED) is 0.859. The minimum Gasteiger partial charge on any atom is -0.388 e. The van der Waals surface area contributed by atoms with Gasteiger partial charge in [0.2, 0.25) is 5.91 Å². The van der Waals surface area contributed by atoms with Gasteiger partial charge in [-0.05, 0) is 49.4 Å². The number of fused-ring (bicyclic) bond motifs is 1. The summed E-state index contributed by atoms with van der Waals surface area (Å²) in [5, 5.41) is 9.96. The van der Waals surface area contributed by atoms with E-state index in [2.05, 4.69) is 0 Å². The number of aliphatic hydroxyl groups excluding tert-OH is 1. The fourth-order valence-corrected chi connectivity index (χ4v) is 2.73. The zero-order valence-electron chi connectivity index (χ0n) is 11.0. The molecule has 1 aromatic rings. The largest absolute Gasteiger partial charge is 0.388 e. The molecule has 0 spiro atoms. The fourth-order valence-electron chi connectivity index (χ4n) is 2.73. The molecule has 1 heterocycles. The molecule has 4 heteroatoms. The number of benzene rings is 1. The van der Waals surface area contributed by atoms with E-state index in [9.17, 15) is 9.90 Å². The topological polar surface area (TPSA) is 66.6 Å². The number of carbonyl (C=O) groups is 1. The molecule has 1 fully saturated rings. The summed E-state index contributed by atoms with van der Waals surface area (Å²) in [6.45, 7) is 1.26. The molecule has 0 aromatic heterocycles. The number of hydrogen-bond acceptors (Lipinski definition) is 3. The van der Waals surface area contributed by atoms with E-state index in [4.69, 9.17) is 5.73 Å². The first-order chi connectivity index (χ1) is 9.20. The lowest BCUT2D eigenvalue weighted by Gasteiger charge is -2.18. The van der Waals surface area contributed by atoms with Crippen molar-refractivity contribution in [2.24, 2.45) is 11.7 Å². The minimum absolute atomic E-state index is 0.258. The van der Waals surface area contributed by atoms with E-state index in [1.54, 1.807) is 0 Å². The van der Waals surface area contributed by atoms with E-state index in [-0.39, 0.29) is 11.8 Å². The summed E-state index contributed by atoms with van der Waals surface area (Å²) in [6.07, 6.45) is 3.04. The van der Waals surface area contributed by atoms with Gasteiger partial charge in [0.1, 0.15) is 0 Å². The maximum Gasteiger partial charge on any atom is 0.230 e. The lowest BCUT2D eigenvalue weighted by molar-refractivity contribution is -0.119. The number of amides is 1. The van der Waals surface area contributed by atoms with Crippen molar-refractivity contribution in [3.05, 3.63) is 29.3 Å². The molecule has 1 aliphatic carbocycles. The molecule has 1 atom stereocenters. The normalized spacial score (nSPS) is 19.4. The number of hydrogen-bond donors (Lipinski definition) is 2. The number of rotatable bonds is 4. The molecule has 0 radical (unpaired) electrons. The summed E-state index contributed by atoms with van der Waals surface area (Å²) in [4.78, 5) is 14.1. The van der Waals surface area contributed by atoms with Crippen LogP contribution in [0.5, 0.6) is 0 Å². The summed E-state index contributed by atoms with van der Waals surface area (Å²) >= 11 is 0. The van der Waals surface area contributed by atoms with E-state index >= 15 is 0 Å². The smallest absolute Gasteiger partial charge is 0.230 e. The highest BCUT2D eigenvalue weighted by Crippen LogP contribution is 2.37. The Morgan fingerprint density at radius 1 is 1.47 bits per heavy atom. The third kappa shape index (κ3) is 2.38. The van der Waals surface area contributed by atoms with Crippen LogP contribution in [-0.4, -0.2) is 24.1 Å². The van der Waals surface area contributed by atoms with Gasteiger partial charge in [-0.3, -0.25) is 4.79 Å². The summed E-state index contributed by atoms with van der Waals surface area (Å²) in [5.41, 5.74) is 8.57. The Hall–Kier alpha value is -1.39. The van der Waals surface area contributed by atoms with E-state index < -0.39 is 6.10 Å². The number of nitrogens with two attached hydrogens (primary N) is 1. The highest BCUT2D eigenvalue weighted by molar-refractivity contribution is 5.98. The predicted molar refractivity (Wildman–Crippen MR) is 73.9 cm³/mol. The van der Waals surface area contributed by atoms with E-state index in [0.717, 1.165) is 37.1 Å². The first-order valence-electron chi connectivity index (χ1n) is 7.03. The first-order valence-corrected chi connectivity index (χ1v) is 7.03. The van der Waals surface area contributed by atoms with E-state index in [1.807, 2.05) is 23.1 Å². The van der Waals surface area contributed by atoms with Gasteiger partial charge >= 0.3 is 0 Å². The highest BCUT2D eigenvalue weighted by atomic mass is 16.3. The molecule has 1 unspecified atom stereocenters. The van der Waals surface area contributed by atoms with Gasteiger partial charge in [-0.15, -0.1) is 0 Å². The Morgan fingerprint density at radius 2 is 2.26 bits per heavy atom. The van der Waals surface area contributed by atoms with E-state index in [0.29, 0.717) is 13.0 Å². The molecule has 1 aliphatic heterocycles.